The molecule has 3 amide bonds. The van der Waals surface area contributed by atoms with E-state index in [1.165, 1.54) is 12.8 Å². The summed E-state index contributed by atoms with van der Waals surface area (Å²) in [6.07, 6.45) is 6.34. The van der Waals surface area contributed by atoms with Crippen molar-refractivity contribution < 1.29 is 9.59 Å². The summed E-state index contributed by atoms with van der Waals surface area (Å²) in [5, 5.41) is 10.3. The molecule has 4 heterocycles. The average Bonchev–Trinajstić information content (AvgIpc) is 3.48. The molecule has 2 aliphatic heterocycles. The summed E-state index contributed by atoms with van der Waals surface area (Å²) in [5.41, 5.74) is 1.59. The Morgan fingerprint density at radius 1 is 1.21 bits per heavy atom. The fourth-order valence-electron chi connectivity index (χ4n) is 5.86. The molecule has 2 aromatic heterocycles. The molecule has 1 saturated carbocycles. The lowest BCUT2D eigenvalue weighted by atomic mass is 9.90. The number of nitrogens with zero attached hydrogens (tertiary/aromatic N) is 5. The lowest BCUT2D eigenvalue weighted by Gasteiger charge is -2.52. The molecule has 1 saturated heterocycles. The molecule has 0 radical (unpaired) electrons. The molecular formula is C24H33N7O2. The van der Waals surface area contributed by atoms with E-state index in [0.717, 1.165) is 37.2 Å². The molecular weight excluding hydrogens is 418 g/mol. The van der Waals surface area contributed by atoms with E-state index in [9.17, 15) is 9.59 Å². The minimum Gasteiger partial charge on any atom is -0.319 e. The van der Waals surface area contributed by atoms with Gasteiger partial charge in [0.25, 0.3) is 5.91 Å². The quantitative estimate of drug-likeness (QED) is 0.731. The molecule has 3 aliphatic rings. The number of H-pyrrole nitrogens is 1. The second-order valence-corrected chi connectivity index (χ2v) is 10.3. The Hall–Kier alpha value is -2.94. The van der Waals surface area contributed by atoms with Crippen molar-refractivity contribution in [3.05, 3.63) is 41.3 Å². The van der Waals surface area contributed by atoms with Gasteiger partial charge in [0, 0.05) is 36.4 Å². The van der Waals surface area contributed by atoms with Crippen LogP contribution in [0.25, 0.3) is 0 Å². The van der Waals surface area contributed by atoms with Gasteiger partial charge in [-0.3, -0.25) is 19.8 Å². The summed E-state index contributed by atoms with van der Waals surface area (Å²) in [6.45, 7) is 8.26. The van der Waals surface area contributed by atoms with Crippen LogP contribution in [0.5, 0.6) is 0 Å². The Bertz CT molecular complexity index is 1060. The number of carbonyl (C=O) groups is 2. The van der Waals surface area contributed by atoms with Gasteiger partial charge < -0.3 is 15.1 Å². The third kappa shape index (κ3) is 3.49. The highest BCUT2D eigenvalue weighted by Gasteiger charge is 2.50. The Morgan fingerprint density at radius 3 is 2.67 bits per heavy atom. The van der Waals surface area contributed by atoms with Crippen molar-refractivity contribution in [3.8, 4) is 0 Å². The van der Waals surface area contributed by atoms with Crippen LogP contribution in [0.1, 0.15) is 68.2 Å². The minimum atomic E-state index is -0.556. The number of amides is 3. The molecule has 0 bridgehead atoms. The van der Waals surface area contributed by atoms with E-state index < -0.39 is 5.54 Å². The molecule has 33 heavy (non-hydrogen) atoms. The van der Waals surface area contributed by atoms with Gasteiger partial charge in [-0.15, -0.1) is 0 Å². The maximum absolute atomic E-state index is 13.9. The number of piperazine rings is 1. The largest absolute Gasteiger partial charge is 0.321 e. The van der Waals surface area contributed by atoms with Crippen molar-refractivity contribution in [1.29, 1.82) is 0 Å². The van der Waals surface area contributed by atoms with Crippen molar-refractivity contribution in [1.82, 2.24) is 29.9 Å². The van der Waals surface area contributed by atoms with E-state index >= 15 is 0 Å². The van der Waals surface area contributed by atoms with Crippen molar-refractivity contribution >= 4 is 17.8 Å². The second-order valence-electron chi connectivity index (χ2n) is 10.3. The van der Waals surface area contributed by atoms with Gasteiger partial charge in [0.05, 0.1) is 17.8 Å². The van der Waals surface area contributed by atoms with Gasteiger partial charge >= 0.3 is 6.03 Å². The summed E-state index contributed by atoms with van der Waals surface area (Å²) in [6, 6.07) is 5.40. The molecule has 0 aromatic carbocycles. The number of rotatable bonds is 2. The van der Waals surface area contributed by atoms with Crippen LogP contribution in [0.15, 0.2) is 24.4 Å². The van der Waals surface area contributed by atoms with Crippen LogP contribution in [-0.4, -0.2) is 73.5 Å². The number of anilines is 1. The monoisotopic (exact) mass is 451 g/mol. The lowest BCUT2D eigenvalue weighted by Crippen LogP contribution is -2.66. The maximum atomic E-state index is 13.9. The van der Waals surface area contributed by atoms with Gasteiger partial charge in [-0.1, -0.05) is 18.9 Å². The van der Waals surface area contributed by atoms with E-state index in [2.05, 4.69) is 44.3 Å². The van der Waals surface area contributed by atoms with E-state index in [1.54, 1.807) is 24.4 Å². The van der Waals surface area contributed by atoms with Gasteiger partial charge in [-0.05, 0) is 52.8 Å². The molecule has 1 atom stereocenters. The first kappa shape index (κ1) is 21.9. The number of fused-ring (bicyclic) bond motifs is 1. The molecule has 1 spiro atoms. The number of urea groups is 1. The van der Waals surface area contributed by atoms with Crippen LogP contribution < -0.4 is 5.32 Å². The number of hydrogen-bond acceptors (Lipinski definition) is 5. The molecule has 9 heteroatoms. The van der Waals surface area contributed by atoms with Crippen molar-refractivity contribution in [2.45, 2.75) is 70.1 Å². The Labute approximate surface area is 194 Å². The standard InChI is InChI=1S/C24H33N7O2/c1-16-13-29(4)24(10-6-7-11-24)15-30(16)22(33)31-14-17-19(23(31,2)3)27-28-20(17)26-21(32)18-9-5-8-12-25-18/h5,8-9,12,16H,6-7,10-11,13-15H2,1-4H3,(H2,26,27,28,32). The van der Waals surface area contributed by atoms with Crippen LogP contribution in [0.4, 0.5) is 10.6 Å². The zero-order chi connectivity index (χ0) is 23.4. The highest BCUT2D eigenvalue weighted by molar-refractivity contribution is 6.02. The number of nitrogens with one attached hydrogen (secondary N) is 2. The molecule has 2 fully saturated rings. The molecule has 9 nitrogen and oxygen atoms in total. The number of carbonyl (C=O) groups excluding carboxylic acids is 2. The molecule has 1 unspecified atom stereocenters. The first-order valence-corrected chi connectivity index (χ1v) is 11.8. The maximum Gasteiger partial charge on any atom is 0.321 e. The van der Waals surface area contributed by atoms with Crippen LogP contribution in [0, 0.1) is 0 Å². The molecule has 2 N–H and O–H groups in total. The van der Waals surface area contributed by atoms with Gasteiger partial charge in [0.15, 0.2) is 5.82 Å². The highest BCUT2D eigenvalue weighted by Crippen LogP contribution is 2.43. The second kappa shape index (κ2) is 7.83. The van der Waals surface area contributed by atoms with E-state index in [0.29, 0.717) is 18.1 Å². The average molecular weight is 452 g/mol. The molecule has 5 rings (SSSR count). The fraction of sp³-hybridized carbons (Fsp3) is 0.583. The first-order chi connectivity index (χ1) is 15.7. The summed E-state index contributed by atoms with van der Waals surface area (Å²) in [7, 11) is 2.20. The predicted octanol–water partition coefficient (Wildman–Crippen LogP) is 3.18. The Morgan fingerprint density at radius 2 is 1.97 bits per heavy atom. The van der Waals surface area contributed by atoms with Crippen LogP contribution in [0.3, 0.4) is 0 Å². The van der Waals surface area contributed by atoms with E-state index in [-0.39, 0.29) is 23.5 Å². The number of pyridine rings is 1. The topological polar surface area (TPSA) is 97.5 Å². The van der Waals surface area contributed by atoms with Crippen molar-refractivity contribution in [3.63, 3.8) is 0 Å². The SMILES string of the molecule is CC1CN(C)C2(CCCC2)CN1C(=O)N1Cc2c(NC(=O)c3ccccn3)n[nH]c2C1(C)C. The van der Waals surface area contributed by atoms with Gasteiger partial charge in [0.2, 0.25) is 0 Å². The zero-order valence-corrected chi connectivity index (χ0v) is 19.9. The zero-order valence-electron chi connectivity index (χ0n) is 19.9. The van der Waals surface area contributed by atoms with Gasteiger partial charge in [0.1, 0.15) is 5.69 Å². The normalized spacial score (nSPS) is 23.7. The van der Waals surface area contributed by atoms with E-state index in [1.807, 2.05) is 18.7 Å². The van der Waals surface area contributed by atoms with Crippen LogP contribution in [0.2, 0.25) is 0 Å². The summed E-state index contributed by atoms with van der Waals surface area (Å²) in [5.74, 6) is 0.145. The van der Waals surface area contributed by atoms with Crippen LogP contribution >= 0.6 is 0 Å². The number of hydrogen-bond donors (Lipinski definition) is 2. The van der Waals surface area contributed by atoms with Crippen LogP contribution in [-0.2, 0) is 12.1 Å². The van der Waals surface area contributed by atoms with E-state index in [4.69, 9.17) is 0 Å². The first-order valence-electron chi connectivity index (χ1n) is 11.8. The molecule has 176 valence electrons. The lowest BCUT2D eigenvalue weighted by molar-refractivity contribution is -0.00744. The highest BCUT2D eigenvalue weighted by atomic mass is 16.2. The summed E-state index contributed by atoms with van der Waals surface area (Å²) in [4.78, 5) is 37.1. The number of likely N-dealkylation sites (N-methyl/N-ethyl adjacent to an activating group) is 1. The third-order valence-electron chi connectivity index (χ3n) is 7.95. The van der Waals surface area contributed by atoms with Gasteiger partial charge in [-0.2, -0.15) is 5.10 Å². The summed E-state index contributed by atoms with van der Waals surface area (Å²) < 4.78 is 0. The third-order valence-corrected chi connectivity index (χ3v) is 7.95. The molecule has 2 aromatic rings. The molecule has 1 aliphatic carbocycles. The Kier molecular flexibility index (Phi) is 5.19. The number of aromatic amines is 1. The Balaban J connectivity index is 1.37. The summed E-state index contributed by atoms with van der Waals surface area (Å²) >= 11 is 0. The number of aromatic nitrogens is 3. The minimum absolute atomic E-state index is 0.0541. The van der Waals surface area contributed by atoms with Gasteiger partial charge in [-0.25, -0.2) is 4.79 Å². The fourth-order valence-corrected chi connectivity index (χ4v) is 5.86. The van der Waals surface area contributed by atoms with Crippen molar-refractivity contribution in [2.24, 2.45) is 0 Å². The smallest absolute Gasteiger partial charge is 0.319 e. The predicted molar refractivity (Wildman–Crippen MR) is 125 cm³/mol. The van der Waals surface area contributed by atoms with Crippen molar-refractivity contribution in [2.75, 3.05) is 25.5 Å².